The van der Waals surface area contributed by atoms with Crippen molar-refractivity contribution in [2.24, 2.45) is 5.92 Å². The number of aromatic carboxylic acids is 1. The second-order valence-corrected chi connectivity index (χ2v) is 5.97. The molecule has 0 saturated heterocycles. The van der Waals surface area contributed by atoms with E-state index >= 15 is 0 Å². The molecule has 0 amide bonds. The Kier molecular flexibility index (Phi) is 3.00. The molecule has 22 heavy (non-hydrogen) atoms. The molecule has 110 valence electrons. The van der Waals surface area contributed by atoms with Gasteiger partial charge in [0, 0.05) is 11.6 Å². The van der Waals surface area contributed by atoms with Gasteiger partial charge in [-0.1, -0.05) is 54.6 Å². The third-order valence-corrected chi connectivity index (χ3v) is 4.78. The summed E-state index contributed by atoms with van der Waals surface area (Å²) < 4.78 is 0. The van der Waals surface area contributed by atoms with Crippen molar-refractivity contribution in [1.82, 2.24) is 0 Å². The van der Waals surface area contributed by atoms with Crippen molar-refractivity contribution in [2.45, 2.75) is 18.4 Å². The van der Waals surface area contributed by atoms with Crippen LogP contribution in [0, 0.1) is 5.92 Å². The van der Waals surface area contributed by atoms with E-state index in [0.717, 1.165) is 12.0 Å². The summed E-state index contributed by atoms with van der Waals surface area (Å²) in [5, 5.41) is 14.5. The number of hydrogen-bond acceptors (Lipinski definition) is 3. The van der Waals surface area contributed by atoms with Crippen molar-refractivity contribution in [3.63, 3.8) is 0 Å². The van der Waals surface area contributed by atoms with Crippen molar-refractivity contribution >= 4 is 11.7 Å². The molecule has 1 aliphatic heterocycles. The van der Waals surface area contributed by atoms with Gasteiger partial charge in [-0.25, -0.2) is 0 Å². The molecule has 2 aliphatic rings. The molecule has 3 atom stereocenters. The van der Waals surface area contributed by atoms with Crippen LogP contribution in [0.15, 0.2) is 60.7 Å². The lowest BCUT2D eigenvalue weighted by Gasteiger charge is -2.37. The minimum atomic E-state index is -1.13. The summed E-state index contributed by atoms with van der Waals surface area (Å²) in [6.07, 6.45) is 5.59. The molecule has 3 nitrogen and oxygen atoms in total. The third-order valence-electron chi connectivity index (χ3n) is 4.78. The maximum Gasteiger partial charge on any atom is 0.0715 e. The summed E-state index contributed by atoms with van der Waals surface area (Å²) in [5.41, 5.74) is 3.87. The minimum absolute atomic E-state index is 0.200. The van der Waals surface area contributed by atoms with Gasteiger partial charge in [-0.05, 0) is 35.1 Å². The standard InChI is InChI=1S/C19H17NO2/c21-19(22)13-10-8-12(9-11-13)18-16-6-3-5-14(16)15-4-1-2-7-17(15)20-18/h1-5,7-11,14,16,18,20H,6H2,(H,21,22)/p-1/t14-,16+,18+/m1/s1. The molecule has 1 N–H and O–H groups in total. The van der Waals surface area contributed by atoms with Crippen LogP contribution in [0.25, 0.3) is 0 Å². The number of benzene rings is 2. The zero-order valence-corrected chi connectivity index (χ0v) is 12.0. The number of carbonyl (C=O) groups excluding carboxylic acids is 1. The van der Waals surface area contributed by atoms with E-state index in [1.165, 1.54) is 11.3 Å². The van der Waals surface area contributed by atoms with E-state index in [9.17, 15) is 9.90 Å². The van der Waals surface area contributed by atoms with Gasteiger partial charge in [0.15, 0.2) is 0 Å². The molecule has 4 rings (SSSR count). The molecular formula is C19H16NO2-. The van der Waals surface area contributed by atoms with Crippen molar-refractivity contribution < 1.29 is 9.90 Å². The quantitative estimate of drug-likeness (QED) is 0.865. The highest BCUT2D eigenvalue weighted by Crippen LogP contribution is 2.49. The van der Waals surface area contributed by atoms with Crippen LogP contribution in [0.1, 0.15) is 39.9 Å². The zero-order chi connectivity index (χ0) is 15.1. The largest absolute Gasteiger partial charge is 0.545 e. The van der Waals surface area contributed by atoms with Gasteiger partial charge in [-0.15, -0.1) is 0 Å². The highest BCUT2D eigenvalue weighted by atomic mass is 16.4. The van der Waals surface area contributed by atoms with Crippen LogP contribution in [-0.2, 0) is 0 Å². The fourth-order valence-corrected chi connectivity index (χ4v) is 3.70. The van der Waals surface area contributed by atoms with E-state index in [2.05, 4.69) is 35.7 Å². The molecule has 2 aromatic carbocycles. The molecule has 1 heterocycles. The Morgan fingerprint density at radius 1 is 1.09 bits per heavy atom. The average Bonchev–Trinajstić information content (AvgIpc) is 3.04. The lowest BCUT2D eigenvalue weighted by Crippen LogP contribution is -2.29. The van der Waals surface area contributed by atoms with E-state index in [0.29, 0.717) is 11.8 Å². The smallest absolute Gasteiger partial charge is 0.0715 e. The summed E-state index contributed by atoms with van der Waals surface area (Å²) in [4.78, 5) is 10.9. The van der Waals surface area contributed by atoms with E-state index in [4.69, 9.17) is 0 Å². The molecule has 0 aromatic heterocycles. The fraction of sp³-hybridized carbons (Fsp3) is 0.211. The topological polar surface area (TPSA) is 52.2 Å². The van der Waals surface area contributed by atoms with E-state index in [-0.39, 0.29) is 11.6 Å². The fourth-order valence-electron chi connectivity index (χ4n) is 3.70. The number of fused-ring (bicyclic) bond motifs is 3. The van der Waals surface area contributed by atoms with Crippen molar-refractivity contribution in [3.05, 3.63) is 77.4 Å². The van der Waals surface area contributed by atoms with Crippen LogP contribution in [0.3, 0.4) is 0 Å². The molecule has 1 aliphatic carbocycles. The van der Waals surface area contributed by atoms with Gasteiger partial charge in [0.1, 0.15) is 0 Å². The van der Waals surface area contributed by atoms with E-state index in [1.54, 1.807) is 12.1 Å². The summed E-state index contributed by atoms with van der Waals surface area (Å²) >= 11 is 0. The molecule has 0 fully saturated rings. The van der Waals surface area contributed by atoms with Gasteiger partial charge in [-0.2, -0.15) is 0 Å². The second-order valence-electron chi connectivity index (χ2n) is 5.97. The normalized spacial score (nSPS) is 25.2. The summed E-state index contributed by atoms with van der Waals surface area (Å²) in [6, 6.07) is 15.7. The predicted molar refractivity (Wildman–Crippen MR) is 83.6 cm³/mol. The maximum absolute atomic E-state index is 10.9. The maximum atomic E-state index is 10.9. The number of anilines is 1. The van der Waals surface area contributed by atoms with Crippen LogP contribution >= 0.6 is 0 Å². The first kappa shape index (κ1) is 13.1. The Labute approximate surface area is 129 Å². The van der Waals surface area contributed by atoms with Crippen LogP contribution in [0.5, 0.6) is 0 Å². The number of hydrogen-bond donors (Lipinski definition) is 1. The average molecular weight is 290 g/mol. The highest BCUT2D eigenvalue weighted by molar-refractivity contribution is 5.85. The van der Waals surface area contributed by atoms with Crippen molar-refractivity contribution in [2.75, 3.05) is 5.32 Å². The third kappa shape index (κ3) is 2.01. The predicted octanol–water partition coefficient (Wildman–Crippen LogP) is 2.88. The van der Waals surface area contributed by atoms with Crippen LogP contribution < -0.4 is 10.4 Å². The second kappa shape index (κ2) is 5.02. The van der Waals surface area contributed by atoms with Crippen LogP contribution in [0.4, 0.5) is 5.69 Å². The van der Waals surface area contributed by atoms with Gasteiger partial charge in [0.05, 0.1) is 12.0 Å². The molecule has 0 spiro atoms. The van der Waals surface area contributed by atoms with E-state index < -0.39 is 5.97 Å². The number of rotatable bonds is 2. The van der Waals surface area contributed by atoms with Crippen LogP contribution in [-0.4, -0.2) is 5.97 Å². The summed E-state index contributed by atoms with van der Waals surface area (Å²) in [6.45, 7) is 0. The monoisotopic (exact) mass is 290 g/mol. The van der Waals surface area contributed by atoms with Crippen molar-refractivity contribution in [1.29, 1.82) is 0 Å². The Hall–Kier alpha value is -2.55. The molecule has 2 aromatic rings. The Bertz CT molecular complexity index is 748. The number of carboxylic acids is 1. The van der Waals surface area contributed by atoms with Crippen LogP contribution in [0.2, 0.25) is 0 Å². The molecule has 0 unspecified atom stereocenters. The molecule has 0 bridgehead atoms. The van der Waals surface area contributed by atoms with E-state index in [1.807, 2.05) is 18.2 Å². The lowest BCUT2D eigenvalue weighted by atomic mass is 9.77. The zero-order valence-electron chi connectivity index (χ0n) is 12.0. The van der Waals surface area contributed by atoms with Gasteiger partial charge < -0.3 is 15.2 Å². The number of allylic oxidation sites excluding steroid dienone is 2. The SMILES string of the molecule is O=C([O-])c1ccc([C@@H]2Nc3ccccc3[C@H]3C=CC[C@@H]32)cc1. The van der Waals surface area contributed by atoms with Gasteiger partial charge in [-0.3, -0.25) is 0 Å². The number of carbonyl (C=O) groups is 1. The van der Waals surface area contributed by atoms with Gasteiger partial charge >= 0.3 is 0 Å². The lowest BCUT2D eigenvalue weighted by molar-refractivity contribution is -0.255. The number of carboxylic acid groups (broad SMARTS) is 1. The van der Waals surface area contributed by atoms with Gasteiger partial charge in [0.25, 0.3) is 0 Å². The molecule has 0 saturated carbocycles. The first-order valence-electron chi connectivity index (χ1n) is 7.57. The first-order valence-corrected chi connectivity index (χ1v) is 7.57. The molecule has 0 radical (unpaired) electrons. The Morgan fingerprint density at radius 2 is 1.86 bits per heavy atom. The number of nitrogens with one attached hydrogen (secondary N) is 1. The summed E-state index contributed by atoms with van der Waals surface area (Å²) in [5.74, 6) is -0.221. The first-order chi connectivity index (χ1) is 10.7. The Morgan fingerprint density at radius 3 is 2.64 bits per heavy atom. The van der Waals surface area contributed by atoms with Gasteiger partial charge in [0.2, 0.25) is 0 Å². The highest BCUT2D eigenvalue weighted by Gasteiger charge is 2.37. The number of para-hydroxylation sites is 1. The minimum Gasteiger partial charge on any atom is -0.545 e. The Balaban J connectivity index is 1.72. The van der Waals surface area contributed by atoms with Crippen molar-refractivity contribution in [3.8, 4) is 0 Å². The summed E-state index contributed by atoms with van der Waals surface area (Å²) in [7, 11) is 0. The molecular weight excluding hydrogens is 274 g/mol. The molecule has 3 heteroatoms.